The van der Waals surface area contributed by atoms with Gasteiger partial charge in [-0.15, -0.1) is 0 Å². The second-order valence-electron chi connectivity index (χ2n) is 4.22. The summed E-state index contributed by atoms with van der Waals surface area (Å²) < 4.78 is 24.2. The highest BCUT2D eigenvalue weighted by molar-refractivity contribution is 7.89. The maximum absolute atomic E-state index is 12.1. The molecule has 7 nitrogen and oxygen atoms in total. The quantitative estimate of drug-likeness (QED) is 0.291. The van der Waals surface area contributed by atoms with Crippen LogP contribution >= 0.6 is 0 Å². The van der Waals surface area contributed by atoms with E-state index in [1.54, 1.807) is 42.5 Å². The Kier molecular flexibility index (Phi) is 5.13. The summed E-state index contributed by atoms with van der Waals surface area (Å²) in [7, 11) is -3.76. The molecule has 0 radical (unpaired) electrons. The summed E-state index contributed by atoms with van der Waals surface area (Å²) in [4.78, 5) is 4.94. The standard InChI is InChI=1S/C14H13N5O2S/c15-18-16-11-14(12-7-3-1-4-8-12)17-19-22(20,21)13-9-5-2-6-10-13/h1-10,19H,11H2. The van der Waals surface area contributed by atoms with Crippen LogP contribution in [0.1, 0.15) is 5.56 Å². The molecular formula is C14H13N5O2S. The van der Waals surface area contributed by atoms with E-state index in [0.717, 1.165) is 0 Å². The smallest absolute Gasteiger partial charge is 0.200 e. The van der Waals surface area contributed by atoms with Gasteiger partial charge < -0.3 is 0 Å². The van der Waals surface area contributed by atoms with Crippen LogP contribution in [0.15, 0.2) is 75.8 Å². The number of nitrogens with zero attached hydrogens (tertiary/aromatic N) is 4. The van der Waals surface area contributed by atoms with Crippen molar-refractivity contribution in [3.8, 4) is 0 Å². The molecule has 2 aromatic rings. The Morgan fingerprint density at radius 2 is 1.64 bits per heavy atom. The fraction of sp³-hybridized carbons (Fsp3) is 0.0714. The lowest BCUT2D eigenvalue weighted by atomic mass is 10.1. The van der Waals surface area contributed by atoms with Crippen LogP contribution in [-0.4, -0.2) is 20.7 Å². The van der Waals surface area contributed by atoms with E-state index in [1.165, 1.54) is 12.1 Å². The molecule has 0 fully saturated rings. The van der Waals surface area contributed by atoms with Crippen LogP contribution in [0.25, 0.3) is 10.4 Å². The predicted octanol–water partition coefficient (Wildman–Crippen LogP) is 2.68. The Hall–Kier alpha value is -2.83. The first-order chi connectivity index (χ1) is 10.6. The molecular weight excluding hydrogens is 302 g/mol. The largest absolute Gasteiger partial charge is 0.276 e. The van der Waals surface area contributed by atoms with Crippen molar-refractivity contribution in [2.75, 3.05) is 6.54 Å². The van der Waals surface area contributed by atoms with Gasteiger partial charge in [0.25, 0.3) is 10.0 Å². The number of hydrogen-bond donors (Lipinski definition) is 1. The van der Waals surface area contributed by atoms with Gasteiger partial charge in [0.15, 0.2) is 0 Å². The van der Waals surface area contributed by atoms with E-state index in [4.69, 9.17) is 5.53 Å². The van der Waals surface area contributed by atoms with Gasteiger partial charge in [0.05, 0.1) is 17.2 Å². The van der Waals surface area contributed by atoms with Crippen molar-refractivity contribution in [2.45, 2.75) is 4.90 Å². The lowest BCUT2D eigenvalue weighted by Gasteiger charge is -2.06. The second kappa shape index (κ2) is 7.26. The lowest BCUT2D eigenvalue weighted by Crippen LogP contribution is -2.21. The van der Waals surface area contributed by atoms with Crippen molar-refractivity contribution in [3.63, 3.8) is 0 Å². The molecule has 112 valence electrons. The Morgan fingerprint density at radius 3 is 2.23 bits per heavy atom. The van der Waals surface area contributed by atoms with Crippen molar-refractivity contribution in [2.24, 2.45) is 10.2 Å². The highest BCUT2D eigenvalue weighted by atomic mass is 32.2. The van der Waals surface area contributed by atoms with Crippen LogP contribution in [0.4, 0.5) is 0 Å². The SMILES string of the molecule is [N-]=[N+]=NCC(=NNS(=O)(=O)c1ccccc1)c1ccccc1. The fourth-order valence-corrected chi connectivity index (χ4v) is 2.54. The van der Waals surface area contributed by atoms with Crippen molar-refractivity contribution < 1.29 is 8.42 Å². The Balaban J connectivity index is 2.29. The van der Waals surface area contributed by atoms with Gasteiger partial charge in [0, 0.05) is 4.91 Å². The van der Waals surface area contributed by atoms with Crippen LogP contribution in [0.2, 0.25) is 0 Å². The molecule has 0 atom stereocenters. The van der Waals surface area contributed by atoms with E-state index in [1.807, 2.05) is 6.07 Å². The summed E-state index contributed by atoms with van der Waals surface area (Å²) in [6.45, 7) is -0.0577. The van der Waals surface area contributed by atoms with Gasteiger partial charge >= 0.3 is 0 Å². The lowest BCUT2D eigenvalue weighted by molar-refractivity contribution is 0.584. The molecule has 2 rings (SSSR count). The first kappa shape index (κ1) is 15.6. The van der Waals surface area contributed by atoms with Gasteiger partial charge in [-0.3, -0.25) is 0 Å². The number of rotatable bonds is 6. The zero-order valence-corrected chi connectivity index (χ0v) is 12.3. The third-order valence-corrected chi connectivity index (χ3v) is 3.97. The molecule has 0 amide bonds. The molecule has 0 spiro atoms. The van der Waals surface area contributed by atoms with Gasteiger partial charge in [0.2, 0.25) is 0 Å². The molecule has 0 aliphatic heterocycles. The molecule has 0 saturated carbocycles. The monoisotopic (exact) mass is 315 g/mol. The summed E-state index contributed by atoms with van der Waals surface area (Å²) in [5.41, 5.74) is 9.44. The fourth-order valence-electron chi connectivity index (χ4n) is 1.69. The Labute approximate surface area is 128 Å². The minimum atomic E-state index is -3.76. The average Bonchev–Trinajstić information content (AvgIpc) is 2.56. The van der Waals surface area contributed by atoms with Crippen LogP contribution in [-0.2, 0) is 10.0 Å². The maximum Gasteiger partial charge on any atom is 0.276 e. The van der Waals surface area contributed by atoms with E-state index < -0.39 is 10.0 Å². The summed E-state index contributed by atoms with van der Waals surface area (Å²) in [5.74, 6) is 0. The molecule has 0 aromatic heterocycles. The van der Waals surface area contributed by atoms with Crippen LogP contribution < -0.4 is 4.83 Å². The van der Waals surface area contributed by atoms with Crippen molar-refractivity contribution in [3.05, 3.63) is 76.7 Å². The van der Waals surface area contributed by atoms with Crippen molar-refractivity contribution in [1.82, 2.24) is 4.83 Å². The first-order valence-corrected chi connectivity index (χ1v) is 7.81. The van der Waals surface area contributed by atoms with E-state index in [2.05, 4.69) is 20.0 Å². The van der Waals surface area contributed by atoms with Gasteiger partial charge in [-0.1, -0.05) is 53.6 Å². The van der Waals surface area contributed by atoms with Gasteiger partial charge in [-0.25, -0.2) is 0 Å². The average molecular weight is 315 g/mol. The Morgan fingerprint density at radius 1 is 1.05 bits per heavy atom. The van der Waals surface area contributed by atoms with Crippen LogP contribution in [0.5, 0.6) is 0 Å². The molecule has 0 saturated heterocycles. The number of hydrogen-bond acceptors (Lipinski definition) is 4. The summed E-state index contributed by atoms with van der Waals surface area (Å²) in [5, 5.41) is 7.33. The van der Waals surface area contributed by atoms with Gasteiger partial charge in [0.1, 0.15) is 0 Å². The van der Waals surface area contributed by atoms with Gasteiger partial charge in [-0.2, -0.15) is 18.4 Å². The first-order valence-electron chi connectivity index (χ1n) is 6.33. The molecule has 2 aromatic carbocycles. The molecule has 0 heterocycles. The predicted molar refractivity (Wildman–Crippen MR) is 83.8 cm³/mol. The van der Waals surface area contributed by atoms with Gasteiger partial charge in [-0.05, 0) is 23.2 Å². The highest BCUT2D eigenvalue weighted by Crippen LogP contribution is 2.08. The molecule has 0 unspecified atom stereocenters. The number of nitrogens with one attached hydrogen (secondary N) is 1. The minimum Gasteiger partial charge on any atom is -0.200 e. The number of azide groups is 1. The molecule has 8 heteroatoms. The van der Waals surface area contributed by atoms with Crippen LogP contribution in [0.3, 0.4) is 0 Å². The molecule has 0 aliphatic carbocycles. The maximum atomic E-state index is 12.1. The van der Waals surface area contributed by atoms with E-state index in [-0.39, 0.29) is 11.4 Å². The molecule has 1 N–H and O–H groups in total. The van der Waals surface area contributed by atoms with Crippen LogP contribution in [0, 0.1) is 0 Å². The Bertz CT molecular complexity index is 798. The minimum absolute atomic E-state index is 0.0577. The summed E-state index contributed by atoms with van der Waals surface area (Å²) >= 11 is 0. The second-order valence-corrected chi connectivity index (χ2v) is 5.88. The highest BCUT2D eigenvalue weighted by Gasteiger charge is 2.12. The number of benzene rings is 2. The normalized spacial score (nSPS) is 11.5. The topological polar surface area (TPSA) is 107 Å². The summed E-state index contributed by atoms with van der Waals surface area (Å²) in [6.07, 6.45) is 0. The summed E-state index contributed by atoms with van der Waals surface area (Å²) in [6, 6.07) is 16.8. The number of sulfonamides is 1. The third kappa shape index (κ3) is 4.08. The molecule has 0 aliphatic rings. The van der Waals surface area contributed by atoms with Crippen molar-refractivity contribution >= 4 is 15.7 Å². The molecule has 0 bridgehead atoms. The zero-order valence-electron chi connectivity index (χ0n) is 11.5. The zero-order chi connectivity index (χ0) is 15.8. The van der Waals surface area contributed by atoms with Crippen molar-refractivity contribution in [1.29, 1.82) is 0 Å². The molecule has 22 heavy (non-hydrogen) atoms. The number of hydrazone groups is 1. The van der Waals surface area contributed by atoms with E-state index >= 15 is 0 Å². The van der Waals surface area contributed by atoms with E-state index in [9.17, 15) is 8.42 Å². The van der Waals surface area contributed by atoms with E-state index in [0.29, 0.717) is 11.3 Å². The third-order valence-electron chi connectivity index (χ3n) is 2.75.